The lowest BCUT2D eigenvalue weighted by Crippen LogP contribution is -2.44. The monoisotopic (exact) mass is 451 g/mol. The highest BCUT2D eigenvalue weighted by Crippen LogP contribution is 2.30. The number of benzene rings is 2. The predicted molar refractivity (Wildman–Crippen MR) is 132 cm³/mol. The molecular formula is C27H37N3O3. The number of hydrogen-bond donors (Lipinski definition) is 3. The zero-order valence-corrected chi connectivity index (χ0v) is 19.8. The van der Waals surface area contributed by atoms with E-state index >= 15 is 0 Å². The summed E-state index contributed by atoms with van der Waals surface area (Å²) in [5.41, 5.74) is 1.97. The smallest absolute Gasteiger partial charge is 0.227 e. The summed E-state index contributed by atoms with van der Waals surface area (Å²) in [5, 5.41) is 9.45. The highest BCUT2D eigenvalue weighted by atomic mass is 16.5. The Kier molecular flexibility index (Phi) is 9.60. The van der Waals surface area contributed by atoms with Crippen molar-refractivity contribution in [3.05, 3.63) is 60.2 Å². The van der Waals surface area contributed by atoms with Gasteiger partial charge in [-0.1, -0.05) is 49.6 Å². The lowest BCUT2D eigenvalue weighted by molar-refractivity contribution is -0.127. The summed E-state index contributed by atoms with van der Waals surface area (Å²) >= 11 is 0. The molecule has 0 bridgehead atoms. The molecule has 3 N–H and O–H groups in total. The van der Waals surface area contributed by atoms with Gasteiger partial charge in [0.15, 0.2) is 0 Å². The van der Waals surface area contributed by atoms with E-state index in [0.717, 1.165) is 42.7 Å². The third-order valence-electron chi connectivity index (χ3n) is 6.59. The molecule has 2 atom stereocenters. The highest BCUT2D eigenvalue weighted by molar-refractivity contribution is 5.84. The zero-order valence-electron chi connectivity index (χ0n) is 19.8. The average Bonchev–Trinajstić information content (AvgIpc) is 2.87. The van der Waals surface area contributed by atoms with E-state index in [0.29, 0.717) is 25.6 Å². The van der Waals surface area contributed by atoms with Gasteiger partial charge < -0.3 is 20.7 Å². The van der Waals surface area contributed by atoms with E-state index in [2.05, 4.69) is 16.0 Å². The number of carbonyl (C=O) groups excluding carboxylic acids is 2. The maximum Gasteiger partial charge on any atom is 0.227 e. The molecule has 0 spiro atoms. The maximum absolute atomic E-state index is 13.1. The van der Waals surface area contributed by atoms with Gasteiger partial charge >= 0.3 is 0 Å². The molecular weight excluding hydrogens is 414 g/mol. The Morgan fingerprint density at radius 2 is 1.61 bits per heavy atom. The number of nitrogens with one attached hydrogen (secondary N) is 3. The van der Waals surface area contributed by atoms with Crippen molar-refractivity contribution in [2.24, 2.45) is 11.8 Å². The minimum atomic E-state index is -0.241. The maximum atomic E-state index is 13.1. The molecule has 1 aliphatic carbocycles. The fraction of sp³-hybridized carbons (Fsp3) is 0.481. The van der Waals surface area contributed by atoms with E-state index in [1.807, 2.05) is 61.5 Å². The van der Waals surface area contributed by atoms with Gasteiger partial charge in [-0.25, -0.2) is 0 Å². The second kappa shape index (κ2) is 12.9. The van der Waals surface area contributed by atoms with Crippen molar-refractivity contribution >= 4 is 17.5 Å². The minimum Gasteiger partial charge on any atom is -0.497 e. The molecule has 2 aromatic carbocycles. The second-order valence-corrected chi connectivity index (χ2v) is 8.83. The van der Waals surface area contributed by atoms with Gasteiger partial charge in [0.1, 0.15) is 5.75 Å². The van der Waals surface area contributed by atoms with Crippen molar-refractivity contribution in [3.63, 3.8) is 0 Å². The van der Waals surface area contributed by atoms with Gasteiger partial charge in [-0.15, -0.1) is 0 Å². The van der Waals surface area contributed by atoms with Gasteiger partial charge in [0, 0.05) is 25.3 Å². The van der Waals surface area contributed by atoms with Crippen LogP contribution in [0.1, 0.15) is 50.5 Å². The SMILES string of the molecule is COc1ccc(NCCNC(=O)C(CNC(=O)[C@@H](C)c2ccccc2)C2CCCCC2)cc1. The summed E-state index contributed by atoms with van der Waals surface area (Å²) in [4.78, 5) is 25.8. The molecule has 2 amide bonds. The molecule has 1 saturated carbocycles. The van der Waals surface area contributed by atoms with E-state index in [1.54, 1.807) is 7.11 Å². The van der Waals surface area contributed by atoms with Gasteiger partial charge in [-0.3, -0.25) is 9.59 Å². The molecule has 178 valence electrons. The van der Waals surface area contributed by atoms with Gasteiger partial charge in [0.2, 0.25) is 11.8 Å². The van der Waals surface area contributed by atoms with E-state index in [1.165, 1.54) is 6.42 Å². The predicted octanol–water partition coefficient (Wildman–Crippen LogP) is 4.34. The quantitative estimate of drug-likeness (QED) is 0.444. The fourth-order valence-corrected chi connectivity index (χ4v) is 4.50. The van der Waals surface area contributed by atoms with Crippen LogP contribution >= 0.6 is 0 Å². The summed E-state index contributed by atoms with van der Waals surface area (Å²) in [6.07, 6.45) is 5.64. The lowest BCUT2D eigenvalue weighted by Gasteiger charge is -2.30. The van der Waals surface area contributed by atoms with Crippen molar-refractivity contribution in [3.8, 4) is 5.75 Å². The molecule has 33 heavy (non-hydrogen) atoms. The van der Waals surface area contributed by atoms with Crippen molar-refractivity contribution in [1.29, 1.82) is 0 Å². The van der Waals surface area contributed by atoms with Gasteiger partial charge in [0.25, 0.3) is 0 Å². The van der Waals surface area contributed by atoms with Crippen LogP contribution in [0.15, 0.2) is 54.6 Å². The first kappa shape index (κ1) is 24.6. The summed E-state index contributed by atoms with van der Waals surface area (Å²) in [5.74, 6) is 0.698. The molecule has 0 heterocycles. The number of anilines is 1. The van der Waals surface area contributed by atoms with Crippen molar-refractivity contribution in [2.75, 3.05) is 32.1 Å². The van der Waals surface area contributed by atoms with E-state index in [9.17, 15) is 9.59 Å². The number of methoxy groups -OCH3 is 1. The Balaban J connectivity index is 1.50. The molecule has 3 rings (SSSR count). The van der Waals surface area contributed by atoms with Crippen LogP contribution < -0.4 is 20.7 Å². The molecule has 0 aliphatic heterocycles. The van der Waals surface area contributed by atoms with Crippen LogP contribution in [0.4, 0.5) is 5.69 Å². The van der Waals surface area contributed by atoms with Crippen LogP contribution in [-0.4, -0.2) is 38.6 Å². The Hall–Kier alpha value is -3.02. The van der Waals surface area contributed by atoms with Crippen molar-refractivity contribution in [2.45, 2.75) is 44.9 Å². The molecule has 1 fully saturated rings. The van der Waals surface area contributed by atoms with Crippen molar-refractivity contribution < 1.29 is 14.3 Å². The molecule has 1 unspecified atom stereocenters. The van der Waals surface area contributed by atoms with Crippen LogP contribution in [0.3, 0.4) is 0 Å². The van der Waals surface area contributed by atoms with E-state index in [-0.39, 0.29) is 23.7 Å². The molecule has 6 heteroatoms. The number of carbonyl (C=O) groups is 2. The van der Waals surface area contributed by atoms with Crippen LogP contribution in [0, 0.1) is 11.8 Å². The van der Waals surface area contributed by atoms with Gasteiger partial charge in [0.05, 0.1) is 18.9 Å². The van der Waals surface area contributed by atoms with E-state index < -0.39 is 0 Å². The van der Waals surface area contributed by atoms with Crippen LogP contribution in [0.25, 0.3) is 0 Å². The molecule has 0 saturated heterocycles. The Labute approximate surface area is 197 Å². The van der Waals surface area contributed by atoms with Gasteiger partial charge in [-0.2, -0.15) is 0 Å². The highest BCUT2D eigenvalue weighted by Gasteiger charge is 2.30. The molecule has 6 nitrogen and oxygen atoms in total. The Bertz CT molecular complexity index is 864. The van der Waals surface area contributed by atoms with Crippen LogP contribution in [0.5, 0.6) is 5.75 Å². The standard InChI is InChI=1S/C27H37N3O3/c1-20(21-9-5-3-6-10-21)26(31)30-19-25(22-11-7-4-8-12-22)27(32)29-18-17-28-23-13-15-24(33-2)16-14-23/h3,5-6,9-10,13-16,20,22,25,28H,4,7-8,11-12,17-19H2,1-2H3,(H,29,32)(H,30,31)/t20-,25?/m0/s1. The third-order valence-corrected chi connectivity index (χ3v) is 6.59. The first-order valence-corrected chi connectivity index (χ1v) is 12.1. The Morgan fingerprint density at radius 1 is 0.909 bits per heavy atom. The molecule has 0 radical (unpaired) electrons. The number of hydrogen-bond acceptors (Lipinski definition) is 4. The normalized spacial score (nSPS) is 15.8. The second-order valence-electron chi connectivity index (χ2n) is 8.83. The first-order chi connectivity index (χ1) is 16.1. The fourth-order valence-electron chi connectivity index (χ4n) is 4.50. The van der Waals surface area contributed by atoms with Crippen molar-refractivity contribution in [1.82, 2.24) is 10.6 Å². The number of amides is 2. The van der Waals surface area contributed by atoms with E-state index in [4.69, 9.17) is 4.74 Å². The molecule has 0 aromatic heterocycles. The topological polar surface area (TPSA) is 79.5 Å². The largest absolute Gasteiger partial charge is 0.497 e. The summed E-state index contributed by atoms with van der Waals surface area (Å²) in [7, 11) is 1.64. The number of ether oxygens (including phenoxy) is 1. The van der Waals surface area contributed by atoms with Crippen LogP contribution in [0.2, 0.25) is 0 Å². The zero-order chi connectivity index (χ0) is 23.5. The average molecular weight is 452 g/mol. The Morgan fingerprint density at radius 3 is 2.27 bits per heavy atom. The third kappa shape index (κ3) is 7.52. The number of rotatable bonds is 11. The molecule has 1 aliphatic rings. The van der Waals surface area contributed by atoms with Gasteiger partial charge in [-0.05, 0) is 55.5 Å². The summed E-state index contributed by atoms with van der Waals surface area (Å²) in [6, 6.07) is 17.5. The van der Waals surface area contributed by atoms with Crippen LogP contribution in [-0.2, 0) is 9.59 Å². The summed E-state index contributed by atoms with van der Waals surface area (Å²) in [6.45, 7) is 3.46. The first-order valence-electron chi connectivity index (χ1n) is 12.1. The minimum absolute atomic E-state index is 0.0315. The summed E-state index contributed by atoms with van der Waals surface area (Å²) < 4.78 is 5.18. The molecule has 2 aromatic rings. The lowest BCUT2D eigenvalue weighted by atomic mass is 9.79.